The third-order valence-corrected chi connectivity index (χ3v) is 5.76. The topological polar surface area (TPSA) is 101 Å². The second kappa shape index (κ2) is 9.21. The Labute approximate surface area is 175 Å². The molecule has 4 N–H and O–H groups in total. The maximum atomic E-state index is 11.2. The van der Waals surface area contributed by atoms with Gasteiger partial charge >= 0.3 is 0 Å². The van der Waals surface area contributed by atoms with Gasteiger partial charge in [0.2, 0.25) is 0 Å². The summed E-state index contributed by atoms with van der Waals surface area (Å²) in [4.78, 5) is 13.5. The second-order valence-electron chi connectivity index (χ2n) is 7.55. The zero-order chi connectivity index (χ0) is 20.9. The van der Waals surface area contributed by atoms with Crippen molar-refractivity contribution in [2.45, 2.75) is 25.3 Å². The number of H-pyrrole nitrogens is 1. The van der Waals surface area contributed by atoms with Gasteiger partial charge in [-0.15, -0.1) is 0 Å². The van der Waals surface area contributed by atoms with E-state index in [1.807, 2.05) is 24.3 Å². The number of nitrogens with zero attached hydrogens (tertiary/aromatic N) is 2. The monoisotopic (exact) mass is 406 g/mol. The van der Waals surface area contributed by atoms with Crippen LogP contribution in [0.25, 0.3) is 17.0 Å². The number of hydrogen-bond acceptors (Lipinski definition) is 5. The number of hydroxylamine groups is 1. The molecule has 0 radical (unpaired) electrons. The van der Waals surface area contributed by atoms with Crippen molar-refractivity contribution in [3.63, 3.8) is 0 Å². The summed E-state index contributed by atoms with van der Waals surface area (Å²) in [5.74, 6) is -0.548. The van der Waals surface area contributed by atoms with Crippen LogP contribution >= 0.6 is 0 Å². The fourth-order valence-corrected chi connectivity index (χ4v) is 4.32. The van der Waals surface area contributed by atoms with Gasteiger partial charge < -0.3 is 5.11 Å². The van der Waals surface area contributed by atoms with Gasteiger partial charge in [-0.3, -0.25) is 20.0 Å². The Morgan fingerprint density at radius 1 is 1.27 bits per heavy atom. The molecule has 0 saturated heterocycles. The average Bonchev–Trinajstić information content (AvgIpc) is 3.39. The minimum Gasteiger partial charge on any atom is -0.395 e. The quantitative estimate of drug-likeness (QED) is 0.262. The number of carbonyl (C=O) groups is 1. The van der Waals surface area contributed by atoms with Crippen molar-refractivity contribution < 1.29 is 15.1 Å². The fourth-order valence-electron chi connectivity index (χ4n) is 4.32. The number of amides is 1. The fraction of sp³-hybridized carbons (Fsp3) is 0.304. The molecule has 4 rings (SSSR count). The highest BCUT2D eigenvalue weighted by molar-refractivity contribution is 5.90. The maximum absolute atomic E-state index is 11.2. The number of aromatic amines is 1. The largest absolute Gasteiger partial charge is 0.395 e. The summed E-state index contributed by atoms with van der Waals surface area (Å²) >= 11 is 0. The van der Waals surface area contributed by atoms with Crippen molar-refractivity contribution in [1.82, 2.24) is 20.6 Å². The number of aliphatic hydroxyl groups is 1. The Hall–Kier alpha value is -3.00. The number of hydrogen-bond donors (Lipinski definition) is 4. The lowest BCUT2D eigenvalue weighted by atomic mass is 10.0. The van der Waals surface area contributed by atoms with Crippen molar-refractivity contribution in [2.75, 3.05) is 19.7 Å². The van der Waals surface area contributed by atoms with Gasteiger partial charge in [-0.25, -0.2) is 5.48 Å². The number of nitrogens with one attached hydrogen (secondary N) is 2. The summed E-state index contributed by atoms with van der Waals surface area (Å²) in [6.45, 7) is 1.55. The zero-order valence-electron chi connectivity index (χ0n) is 16.7. The first kappa shape index (κ1) is 20.3. The van der Waals surface area contributed by atoms with Gasteiger partial charge in [-0.05, 0) is 41.7 Å². The maximum Gasteiger partial charge on any atom is 0.267 e. The highest BCUT2D eigenvalue weighted by Gasteiger charge is 2.27. The summed E-state index contributed by atoms with van der Waals surface area (Å²) < 4.78 is 0. The first-order chi connectivity index (χ1) is 14.7. The normalized spacial score (nSPS) is 15.9. The molecule has 1 amide bonds. The molecule has 1 aliphatic carbocycles. The molecule has 30 heavy (non-hydrogen) atoms. The second-order valence-corrected chi connectivity index (χ2v) is 7.55. The molecule has 3 aromatic rings. The molecule has 1 aliphatic rings. The van der Waals surface area contributed by atoms with Gasteiger partial charge in [-0.2, -0.15) is 5.10 Å². The van der Waals surface area contributed by atoms with Gasteiger partial charge in [0.05, 0.1) is 17.8 Å². The van der Waals surface area contributed by atoms with E-state index in [0.29, 0.717) is 6.54 Å². The molecular weight excluding hydrogens is 380 g/mol. The van der Waals surface area contributed by atoms with E-state index in [2.05, 4.69) is 33.3 Å². The molecule has 0 bridgehead atoms. The third kappa shape index (κ3) is 4.28. The van der Waals surface area contributed by atoms with E-state index in [-0.39, 0.29) is 12.6 Å². The van der Waals surface area contributed by atoms with Gasteiger partial charge in [0.25, 0.3) is 5.91 Å². The lowest BCUT2D eigenvalue weighted by molar-refractivity contribution is -0.124. The summed E-state index contributed by atoms with van der Waals surface area (Å²) in [5.41, 5.74) is 7.16. The van der Waals surface area contributed by atoms with E-state index >= 15 is 0 Å². The molecule has 7 nitrogen and oxygen atoms in total. The smallest absolute Gasteiger partial charge is 0.267 e. The van der Waals surface area contributed by atoms with Gasteiger partial charge in [0.1, 0.15) is 0 Å². The molecule has 1 aromatic heterocycles. The predicted molar refractivity (Wildman–Crippen MR) is 115 cm³/mol. The Bertz CT molecular complexity index is 1060. The number of fused-ring (bicyclic) bond motifs is 2. The number of aromatic nitrogens is 2. The van der Waals surface area contributed by atoms with E-state index in [4.69, 9.17) is 5.21 Å². The van der Waals surface area contributed by atoms with Crippen molar-refractivity contribution in [3.05, 3.63) is 70.9 Å². The first-order valence-electron chi connectivity index (χ1n) is 10.2. The molecule has 1 atom stereocenters. The van der Waals surface area contributed by atoms with Crippen LogP contribution in [0.3, 0.4) is 0 Å². The van der Waals surface area contributed by atoms with Crippen LogP contribution in [0.2, 0.25) is 0 Å². The number of para-hydroxylation sites is 1. The standard InChI is InChI=1S/C23H26N4O3/c28-14-13-27(12-11-21-19-3-1-2-4-20(19)24-25-21)22-9-7-17-15-16(5-8-18(17)22)6-10-23(29)26-30/h1-6,8,10,15,22,28,30H,7,9,11-14H2,(H,24,25)(H,26,29). The van der Waals surface area contributed by atoms with Crippen LogP contribution in [-0.2, 0) is 17.6 Å². The number of benzene rings is 2. The molecular formula is C23H26N4O3. The molecule has 156 valence electrons. The minimum absolute atomic E-state index is 0.115. The third-order valence-electron chi connectivity index (χ3n) is 5.76. The molecule has 0 spiro atoms. The molecule has 1 heterocycles. The van der Waals surface area contributed by atoms with Crippen LogP contribution in [-0.4, -0.2) is 51.0 Å². The summed E-state index contributed by atoms with van der Waals surface area (Å²) in [7, 11) is 0. The average molecular weight is 406 g/mol. The van der Waals surface area contributed by atoms with E-state index in [1.54, 1.807) is 11.6 Å². The molecule has 0 fully saturated rings. The van der Waals surface area contributed by atoms with Crippen LogP contribution in [0.15, 0.2) is 48.5 Å². The molecule has 1 unspecified atom stereocenters. The van der Waals surface area contributed by atoms with Crippen LogP contribution in [0.5, 0.6) is 0 Å². The van der Waals surface area contributed by atoms with Gasteiger partial charge in [0.15, 0.2) is 0 Å². The first-order valence-corrected chi connectivity index (χ1v) is 10.2. The summed E-state index contributed by atoms with van der Waals surface area (Å²) in [6, 6.07) is 14.6. The Balaban J connectivity index is 1.49. The number of carbonyl (C=O) groups excluding carboxylic acids is 1. The molecule has 2 aromatic carbocycles. The summed E-state index contributed by atoms with van der Waals surface area (Å²) in [5, 5.41) is 27.0. The molecule has 0 saturated carbocycles. The lowest BCUT2D eigenvalue weighted by Crippen LogP contribution is -2.32. The van der Waals surface area contributed by atoms with E-state index < -0.39 is 5.91 Å². The summed E-state index contributed by atoms with van der Waals surface area (Å²) in [6.07, 6.45) is 5.77. The minimum atomic E-state index is -0.548. The Morgan fingerprint density at radius 2 is 2.13 bits per heavy atom. The van der Waals surface area contributed by atoms with Crippen LogP contribution < -0.4 is 5.48 Å². The van der Waals surface area contributed by atoms with Crippen LogP contribution in [0, 0.1) is 0 Å². The molecule has 0 aliphatic heterocycles. The number of aryl methyl sites for hydroxylation is 1. The van der Waals surface area contributed by atoms with Gasteiger partial charge in [-0.1, -0.05) is 36.4 Å². The highest BCUT2D eigenvalue weighted by Crippen LogP contribution is 2.36. The van der Waals surface area contributed by atoms with Crippen molar-refractivity contribution in [3.8, 4) is 0 Å². The molecule has 7 heteroatoms. The van der Waals surface area contributed by atoms with E-state index in [0.717, 1.165) is 48.0 Å². The SMILES string of the molecule is O=C(C=Cc1ccc2c(c1)CCC2N(CCO)CCc1n[nH]c2ccccc12)NO. The van der Waals surface area contributed by atoms with Crippen molar-refractivity contribution in [1.29, 1.82) is 0 Å². The predicted octanol–water partition coefficient (Wildman–Crippen LogP) is 2.61. The van der Waals surface area contributed by atoms with Crippen LogP contribution in [0.1, 0.15) is 34.8 Å². The van der Waals surface area contributed by atoms with Crippen LogP contribution in [0.4, 0.5) is 0 Å². The van der Waals surface area contributed by atoms with Crippen molar-refractivity contribution >= 4 is 22.9 Å². The highest BCUT2D eigenvalue weighted by atomic mass is 16.5. The van der Waals surface area contributed by atoms with Gasteiger partial charge in [0, 0.05) is 37.0 Å². The Morgan fingerprint density at radius 3 is 2.97 bits per heavy atom. The number of rotatable bonds is 8. The van der Waals surface area contributed by atoms with E-state index in [1.165, 1.54) is 17.2 Å². The lowest BCUT2D eigenvalue weighted by Gasteiger charge is -2.29. The Kier molecular flexibility index (Phi) is 6.23. The zero-order valence-corrected chi connectivity index (χ0v) is 16.7. The van der Waals surface area contributed by atoms with E-state index in [9.17, 15) is 9.90 Å². The number of aliphatic hydroxyl groups excluding tert-OH is 1. The van der Waals surface area contributed by atoms with Crippen molar-refractivity contribution in [2.24, 2.45) is 0 Å².